The van der Waals surface area contributed by atoms with Crippen molar-refractivity contribution in [1.29, 1.82) is 0 Å². The summed E-state index contributed by atoms with van der Waals surface area (Å²) in [7, 11) is -3.91. The molecule has 1 unspecified atom stereocenters. The summed E-state index contributed by atoms with van der Waals surface area (Å²) in [4.78, 5) is 0. The molecule has 0 aliphatic heterocycles. The molecule has 0 aromatic carbocycles. The second-order valence-corrected chi connectivity index (χ2v) is 3.65. The molecule has 4 heteroatoms. The van der Waals surface area contributed by atoms with Crippen LogP contribution < -0.4 is 0 Å². The van der Waals surface area contributed by atoms with Gasteiger partial charge in [-0.2, -0.15) is 8.42 Å². The van der Waals surface area contributed by atoms with Crippen molar-refractivity contribution in [3.05, 3.63) is 19.6 Å². The minimum atomic E-state index is -3.91. The molecule has 0 heterocycles. The molecule has 59 valence electrons. The first-order valence-electron chi connectivity index (χ1n) is 2.88. The van der Waals surface area contributed by atoms with Gasteiger partial charge in [0.05, 0.1) is 5.25 Å². The van der Waals surface area contributed by atoms with Crippen LogP contribution in [0.15, 0.2) is 12.7 Å². The van der Waals surface area contributed by atoms with Crippen LogP contribution in [0, 0.1) is 6.92 Å². The SMILES string of the molecule is [CH2]CC(CC=C)S(=O)(=O)O. The molecule has 0 fully saturated rings. The lowest BCUT2D eigenvalue weighted by Gasteiger charge is -2.06. The van der Waals surface area contributed by atoms with Crippen LogP contribution in [-0.4, -0.2) is 18.2 Å². The van der Waals surface area contributed by atoms with E-state index in [4.69, 9.17) is 4.55 Å². The fourth-order valence-corrected chi connectivity index (χ4v) is 1.25. The van der Waals surface area contributed by atoms with E-state index in [9.17, 15) is 8.42 Å². The maximum Gasteiger partial charge on any atom is 0.268 e. The lowest BCUT2D eigenvalue weighted by atomic mass is 10.2. The number of rotatable bonds is 4. The Morgan fingerprint density at radius 1 is 1.60 bits per heavy atom. The Kier molecular flexibility index (Phi) is 3.60. The van der Waals surface area contributed by atoms with Gasteiger partial charge in [-0.1, -0.05) is 13.0 Å². The Hall–Kier alpha value is -0.350. The third kappa shape index (κ3) is 2.98. The van der Waals surface area contributed by atoms with E-state index in [2.05, 4.69) is 13.5 Å². The van der Waals surface area contributed by atoms with Crippen molar-refractivity contribution in [2.45, 2.75) is 18.1 Å². The van der Waals surface area contributed by atoms with Gasteiger partial charge in [0.15, 0.2) is 0 Å². The molecule has 0 aliphatic carbocycles. The fraction of sp³-hybridized carbons (Fsp3) is 0.500. The summed E-state index contributed by atoms with van der Waals surface area (Å²) in [6.45, 7) is 6.74. The van der Waals surface area contributed by atoms with E-state index in [1.54, 1.807) is 0 Å². The summed E-state index contributed by atoms with van der Waals surface area (Å²) < 4.78 is 29.3. The monoisotopic (exact) mass is 163 g/mol. The Balaban J connectivity index is 4.22. The normalized spacial score (nSPS) is 14.6. The minimum absolute atomic E-state index is 0.171. The van der Waals surface area contributed by atoms with Gasteiger partial charge in [-0.15, -0.1) is 6.58 Å². The van der Waals surface area contributed by atoms with Gasteiger partial charge in [-0.25, -0.2) is 0 Å². The number of hydrogen-bond donors (Lipinski definition) is 1. The molecule has 10 heavy (non-hydrogen) atoms. The van der Waals surface area contributed by atoms with Crippen LogP contribution in [0.4, 0.5) is 0 Å². The first-order chi connectivity index (χ1) is 4.52. The van der Waals surface area contributed by atoms with Gasteiger partial charge in [0.1, 0.15) is 0 Å². The zero-order valence-electron chi connectivity index (χ0n) is 5.66. The van der Waals surface area contributed by atoms with Crippen LogP contribution in [0.3, 0.4) is 0 Å². The molecule has 0 amide bonds. The summed E-state index contributed by atoms with van der Waals surface area (Å²) >= 11 is 0. The Morgan fingerprint density at radius 3 is 2.20 bits per heavy atom. The average Bonchev–Trinajstić information content (AvgIpc) is 1.80. The predicted molar refractivity (Wildman–Crippen MR) is 40.1 cm³/mol. The molecule has 0 bridgehead atoms. The van der Waals surface area contributed by atoms with Crippen molar-refractivity contribution in [2.75, 3.05) is 0 Å². The highest BCUT2D eigenvalue weighted by molar-refractivity contribution is 7.86. The molecule has 0 aliphatic rings. The molecule has 1 radical (unpaired) electrons. The van der Waals surface area contributed by atoms with Crippen LogP contribution in [0.1, 0.15) is 12.8 Å². The summed E-state index contributed by atoms with van der Waals surface area (Å²) in [6.07, 6.45) is 1.87. The molecule has 0 spiro atoms. The highest BCUT2D eigenvalue weighted by Gasteiger charge is 2.18. The molecule has 1 N–H and O–H groups in total. The maximum atomic E-state index is 10.4. The largest absolute Gasteiger partial charge is 0.285 e. The quantitative estimate of drug-likeness (QED) is 0.497. The molecular weight excluding hydrogens is 152 g/mol. The smallest absolute Gasteiger partial charge is 0.268 e. The Bertz CT molecular complexity index is 193. The van der Waals surface area contributed by atoms with E-state index in [1.807, 2.05) is 0 Å². The van der Waals surface area contributed by atoms with Gasteiger partial charge < -0.3 is 0 Å². The fourth-order valence-electron chi connectivity index (χ4n) is 0.574. The van der Waals surface area contributed by atoms with E-state index in [-0.39, 0.29) is 12.8 Å². The van der Waals surface area contributed by atoms with Crippen molar-refractivity contribution in [1.82, 2.24) is 0 Å². The molecule has 1 atom stereocenters. The molecular formula is C6H11O3S. The third-order valence-corrected chi connectivity index (χ3v) is 2.44. The lowest BCUT2D eigenvalue weighted by Crippen LogP contribution is -2.18. The van der Waals surface area contributed by atoms with E-state index in [1.165, 1.54) is 6.08 Å². The zero-order valence-corrected chi connectivity index (χ0v) is 6.47. The van der Waals surface area contributed by atoms with Crippen molar-refractivity contribution in [3.8, 4) is 0 Å². The van der Waals surface area contributed by atoms with Crippen molar-refractivity contribution in [2.24, 2.45) is 0 Å². The number of hydrogen-bond acceptors (Lipinski definition) is 2. The summed E-state index contributed by atoms with van der Waals surface area (Å²) in [5.74, 6) is 0. The standard InChI is InChI=1S/C6H11O3S/c1-3-5-6(4-2)10(7,8)9/h3,6H,1-2,4-5H2,(H,7,8,9). The molecule has 0 rings (SSSR count). The van der Waals surface area contributed by atoms with Gasteiger partial charge in [0.25, 0.3) is 10.1 Å². The van der Waals surface area contributed by atoms with Crippen molar-refractivity contribution >= 4 is 10.1 Å². The van der Waals surface area contributed by atoms with Gasteiger partial charge in [0, 0.05) is 0 Å². The minimum Gasteiger partial charge on any atom is -0.285 e. The van der Waals surface area contributed by atoms with Gasteiger partial charge in [-0.05, 0) is 12.8 Å². The predicted octanol–water partition coefficient (Wildman–Crippen LogP) is 1.04. The van der Waals surface area contributed by atoms with E-state index >= 15 is 0 Å². The Morgan fingerprint density at radius 2 is 2.10 bits per heavy atom. The van der Waals surface area contributed by atoms with Crippen LogP contribution in [-0.2, 0) is 10.1 Å². The van der Waals surface area contributed by atoms with Gasteiger partial charge >= 0.3 is 0 Å². The maximum absolute atomic E-state index is 10.4. The van der Waals surface area contributed by atoms with Crippen LogP contribution in [0.2, 0.25) is 0 Å². The highest BCUT2D eigenvalue weighted by atomic mass is 32.2. The van der Waals surface area contributed by atoms with Crippen LogP contribution in [0.5, 0.6) is 0 Å². The van der Waals surface area contributed by atoms with Gasteiger partial charge in [-0.3, -0.25) is 4.55 Å². The Labute approximate surface area is 61.5 Å². The second-order valence-electron chi connectivity index (χ2n) is 1.95. The first-order valence-corrected chi connectivity index (χ1v) is 4.39. The second kappa shape index (κ2) is 3.73. The van der Waals surface area contributed by atoms with Crippen molar-refractivity contribution < 1.29 is 13.0 Å². The zero-order chi connectivity index (χ0) is 8.20. The molecule has 3 nitrogen and oxygen atoms in total. The van der Waals surface area contributed by atoms with Gasteiger partial charge in [0.2, 0.25) is 0 Å². The third-order valence-electron chi connectivity index (χ3n) is 1.17. The van der Waals surface area contributed by atoms with E-state index in [0.29, 0.717) is 0 Å². The molecule has 0 aromatic rings. The first kappa shape index (κ1) is 9.65. The number of allylic oxidation sites excluding steroid dienone is 1. The highest BCUT2D eigenvalue weighted by Crippen LogP contribution is 2.07. The molecule has 0 saturated carbocycles. The van der Waals surface area contributed by atoms with E-state index in [0.717, 1.165) is 0 Å². The summed E-state index contributed by atoms with van der Waals surface area (Å²) in [5.41, 5.74) is 0. The van der Waals surface area contributed by atoms with Crippen LogP contribution in [0.25, 0.3) is 0 Å². The lowest BCUT2D eigenvalue weighted by molar-refractivity contribution is 0.466. The van der Waals surface area contributed by atoms with E-state index < -0.39 is 15.4 Å². The summed E-state index contributed by atoms with van der Waals surface area (Å²) in [6, 6.07) is 0. The van der Waals surface area contributed by atoms with Crippen LogP contribution >= 0.6 is 0 Å². The topological polar surface area (TPSA) is 54.4 Å². The molecule has 0 aromatic heterocycles. The van der Waals surface area contributed by atoms with Crippen molar-refractivity contribution in [3.63, 3.8) is 0 Å². The summed E-state index contributed by atoms with van der Waals surface area (Å²) in [5, 5.41) is -0.787. The average molecular weight is 163 g/mol. The molecule has 0 saturated heterocycles.